The summed E-state index contributed by atoms with van der Waals surface area (Å²) in [5.74, 6) is -0.840. The highest BCUT2D eigenvalue weighted by molar-refractivity contribution is 5.75. The number of benzene rings is 1. The zero-order chi connectivity index (χ0) is 12.3. The SMILES string of the molecule is Cc1ccccc1-c1ncccc1CC(=O)O. The van der Waals surface area contributed by atoms with Gasteiger partial charge in [-0.2, -0.15) is 0 Å². The molecule has 0 aliphatic carbocycles. The second-order valence-corrected chi connectivity index (χ2v) is 3.90. The number of aromatic nitrogens is 1. The number of carboxylic acid groups (broad SMARTS) is 1. The van der Waals surface area contributed by atoms with Gasteiger partial charge in [0.2, 0.25) is 0 Å². The van der Waals surface area contributed by atoms with Crippen LogP contribution in [0.4, 0.5) is 0 Å². The first-order chi connectivity index (χ1) is 8.18. The molecule has 0 spiro atoms. The number of aliphatic carboxylic acids is 1. The summed E-state index contributed by atoms with van der Waals surface area (Å²) in [7, 11) is 0. The Morgan fingerprint density at radius 3 is 2.71 bits per heavy atom. The van der Waals surface area contributed by atoms with Crippen molar-refractivity contribution in [1.29, 1.82) is 0 Å². The van der Waals surface area contributed by atoms with Crippen molar-refractivity contribution in [2.45, 2.75) is 13.3 Å². The molecule has 1 N–H and O–H groups in total. The summed E-state index contributed by atoms with van der Waals surface area (Å²) in [5, 5.41) is 8.88. The summed E-state index contributed by atoms with van der Waals surface area (Å²) < 4.78 is 0. The minimum atomic E-state index is -0.840. The van der Waals surface area contributed by atoms with Gasteiger partial charge >= 0.3 is 5.97 Å². The van der Waals surface area contributed by atoms with Crippen LogP contribution >= 0.6 is 0 Å². The van der Waals surface area contributed by atoms with E-state index in [-0.39, 0.29) is 6.42 Å². The first-order valence-corrected chi connectivity index (χ1v) is 5.40. The van der Waals surface area contributed by atoms with E-state index in [9.17, 15) is 4.79 Å². The predicted molar refractivity (Wildman–Crippen MR) is 65.7 cm³/mol. The summed E-state index contributed by atoms with van der Waals surface area (Å²) in [6.45, 7) is 1.99. The van der Waals surface area contributed by atoms with Crippen LogP contribution in [-0.4, -0.2) is 16.1 Å². The molecule has 3 nitrogen and oxygen atoms in total. The van der Waals surface area contributed by atoms with Gasteiger partial charge in [0.05, 0.1) is 12.1 Å². The van der Waals surface area contributed by atoms with E-state index in [1.54, 1.807) is 12.3 Å². The number of pyridine rings is 1. The number of rotatable bonds is 3. The summed E-state index contributed by atoms with van der Waals surface area (Å²) in [4.78, 5) is 15.1. The molecule has 0 aliphatic rings. The highest BCUT2D eigenvalue weighted by Crippen LogP contribution is 2.24. The fraction of sp³-hybridized carbons (Fsp3) is 0.143. The minimum Gasteiger partial charge on any atom is -0.481 e. The standard InChI is InChI=1S/C14H13NO2/c1-10-5-2-3-7-12(10)14-11(9-13(16)17)6-4-8-15-14/h2-8H,9H2,1H3,(H,16,17). The topological polar surface area (TPSA) is 50.2 Å². The minimum absolute atomic E-state index is 0.00247. The second-order valence-electron chi connectivity index (χ2n) is 3.90. The third kappa shape index (κ3) is 2.50. The number of nitrogens with zero attached hydrogens (tertiary/aromatic N) is 1. The number of hydrogen-bond donors (Lipinski definition) is 1. The lowest BCUT2D eigenvalue weighted by Gasteiger charge is -2.09. The molecule has 1 aromatic heterocycles. The van der Waals surface area contributed by atoms with Gasteiger partial charge in [-0.25, -0.2) is 0 Å². The maximum absolute atomic E-state index is 10.8. The molecule has 2 aromatic rings. The number of carboxylic acids is 1. The molecule has 0 aliphatic heterocycles. The van der Waals surface area contributed by atoms with Crippen LogP contribution in [0.2, 0.25) is 0 Å². The number of carbonyl (C=O) groups is 1. The monoisotopic (exact) mass is 227 g/mol. The lowest BCUT2D eigenvalue weighted by molar-refractivity contribution is -0.136. The molecule has 86 valence electrons. The fourth-order valence-electron chi connectivity index (χ4n) is 1.83. The van der Waals surface area contributed by atoms with Gasteiger partial charge in [-0.3, -0.25) is 9.78 Å². The Morgan fingerprint density at radius 2 is 2.00 bits per heavy atom. The molecule has 3 heteroatoms. The third-order valence-corrected chi connectivity index (χ3v) is 2.63. The Bertz CT molecular complexity index is 549. The van der Waals surface area contributed by atoms with E-state index in [2.05, 4.69) is 4.98 Å². The van der Waals surface area contributed by atoms with E-state index in [1.807, 2.05) is 37.3 Å². The number of aryl methyl sites for hydroxylation is 1. The van der Waals surface area contributed by atoms with Crippen LogP contribution in [0.3, 0.4) is 0 Å². The van der Waals surface area contributed by atoms with Crippen molar-refractivity contribution in [2.24, 2.45) is 0 Å². The summed E-state index contributed by atoms with van der Waals surface area (Å²) in [6.07, 6.45) is 1.69. The summed E-state index contributed by atoms with van der Waals surface area (Å²) in [5.41, 5.74) is 3.59. The highest BCUT2D eigenvalue weighted by atomic mass is 16.4. The third-order valence-electron chi connectivity index (χ3n) is 2.63. The molecule has 1 aromatic carbocycles. The Morgan fingerprint density at radius 1 is 1.24 bits per heavy atom. The Labute approximate surface area is 99.8 Å². The van der Waals surface area contributed by atoms with E-state index >= 15 is 0 Å². The molecule has 17 heavy (non-hydrogen) atoms. The van der Waals surface area contributed by atoms with Gasteiger partial charge in [-0.05, 0) is 24.1 Å². The Kier molecular flexibility index (Phi) is 3.19. The Balaban J connectivity index is 2.52. The number of hydrogen-bond acceptors (Lipinski definition) is 2. The molecular formula is C14H13NO2. The van der Waals surface area contributed by atoms with Crippen LogP contribution in [0, 0.1) is 6.92 Å². The molecule has 0 amide bonds. The lowest BCUT2D eigenvalue weighted by atomic mass is 10.00. The Hall–Kier alpha value is -2.16. The first-order valence-electron chi connectivity index (χ1n) is 5.40. The van der Waals surface area contributed by atoms with Crippen molar-refractivity contribution in [3.8, 4) is 11.3 Å². The average molecular weight is 227 g/mol. The van der Waals surface area contributed by atoms with Crippen LogP contribution in [-0.2, 0) is 11.2 Å². The second kappa shape index (κ2) is 4.78. The zero-order valence-electron chi connectivity index (χ0n) is 9.55. The van der Waals surface area contributed by atoms with E-state index in [0.717, 1.165) is 22.4 Å². The molecule has 0 saturated heterocycles. The van der Waals surface area contributed by atoms with E-state index < -0.39 is 5.97 Å². The van der Waals surface area contributed by atoms with Crippen molar-refractivity contribution < 1.29 is 9.90 Å². The molecule has 0 fully saturated rings. The molecule has 0 atom stereocenters. The summed E-state index contributed by atoms with van der Waals surface area (Å²) >= 11 is 0. The molecule has 1 heterocycles. The largest absolute Gasteiger partial charge is 0.481 e. The van der Waals surface area contributed by atoms with Crippen LogP contribution in [0.25, 0.3) is 11.3 Å². The van der Waals surface area contributed by atoms with Crippen molar-refractivity contribution in [3.63, 3.8) is 0 Å². The van der Waals surface area contributed by atoms with E-state index in [1.165, 1.54) is 0 Å². The van der Waals surface area contributed by atoms with Gasteiger partial charge in [0.25, 0.3) is 0 Å². The average Bonchev–Trinajstić information content (AvgIpc) is 2.30. The van der Waals surface area contributed by atoms with Gasteiger partial charge in [0, 0.05) is 11.8 Å². The van der Waals surface area contributed by atoms with Gasteiger partial charge in [-0.1, -0.05) is 30.3 Å². The van der Waals surface area contributed by atoms with Gasteiger partial charge in [0.1, 0.15) is 0 Å². The predicted octanol–water partition coefficient (Wildman–Crippen LogP) is 2.68. The van der Waals surface area contributed by atoms with E-state index in [4.69, 9.17) is 5.11 Å². The maximum Gasteiger partial charge on any atom is 0.307 e. The molecule has 0 saturated carbocycles. The van der Waals surface area contributed by atoms with Gasteiger partial charge < -0.3 is 5.11 Å². The van der Waals surface area contributed by atoms with Crippen LogP contribution < -0.4 is 0 Å². The van der Waals surface area contributed by atoms with Crippen LogP contribution in [0.1, 0.15) is 11.1 Å². The fourth-order valence-corrected chi connectivity index (χ4v) is 1.83. The maximum atomic E-state index is 10.8. The molecule has 0 unspecified atom stereocenters. The van der Waals surface area contributed by atoms with Crippen molar-refractivity contribution in [2.75, 3.05) is 0 Å². The van der Waals surface area contributed by atoms with Gasteiger partial charge in [-0.15, -0.1) is 0 Å². The van der Waals surface area contributed by atoms with Gasteiger partial charge in [0.15, 0.2) is 0 Å². The van der Waals surface area contributed by atoms with Crippen LogP contribution in [0.15, 0.2) is 42.6 Å². The molecule has 2 rings (SSSR count). The summed E-state index contributed by atoms with van der Waals surface area (Å²) in [6, 6.07) is 11.4. The van der Waals surface area contributed by atoms with Crippen LogP contribution in [0.5, 0.6) is 0 Å². The van der Waals surface area contributed by atoms with Crippen molar-refractivity contribution >= 4 is 5.97 Å². The normalized spacial score (nSPS) is 10.2. The molecule has 0 bridgehead atoms. The van der Waals surface area contributed by atoms with Crippen molar-refractivity contribution in [3.05, 3.63) is 53.7 Å². The molecular weight excluding hydrogens is 214 g/mol. The molecule has 0 radical (unpaired) electrons. The van der Waals surface area contributed by atoms with E-state index in [0.29, 0.717) is 0 Å². The smallest absolute Gasteiger partial charge is 0.307 e. The quantitative estimate of drug-likeness (QED) is 0.877. The lowest BCUT2D eigenvalue weighted by Crippen LogP contribution is -2.03. The van der Waals surface area contributed by atoms with Crippen molar-refractivity contribution in [1.82, 2.24) is 4.98 Å². The highest BCUT2D eigenvalue weighted by Gasteiger charge is 2.10. The zero-order valence-corrected chi connectivity index (χ0v) is 9.55. The first kappa shape index (κ1) is 11.3.